The summed E-state index contributed by atoms with van der Waals surface area (Å²) in [5, 5.41) is 5.55. The summed E-state index contributed by atoms with van der Waals surface area (Å²) in [6, 6.07) is 21.2. The van der Waals surface area contributed by atoms with E-state index in [0.717, 1.165) is 21.9 Å². The van der Waals surface area contributed by atoms with Gasteiger partial charge in [0, 0.05) is 22.2 Å². The lowest BCUT2D eigenvalue weighted by molar-refractivity contribution is 0.582. The minimum atomic E-state index is -0.316. The van der Waals surface area contributed by atoms with E-state index < -0.39 is 0 Å². The smallest absolute Gasteiger partial charge is 0.258 e. The Labute approximate surface area is 159 Å². The van der Waals surface area contributed by atoms with Crippen LogP contribution < -0.4 is 10.9 Å². The first-order chi connectivity index (χ1) is 13.7. The Hall–Kier alpha value is -3.86. The highest BCUT2D eigenvalue weighted by Crippen LogP contribution is 2.34. The Bertz CT molecular complexity index is 1350. The number of nitrogens with one attached hydrogen (secondary N) is 2. The van der Waals surface area contributed by atoms with E-state index in [1.54, 1.807) is 18.4 Å². The van der Waals surface area contributed by atoms with Crippen LogP contribution in [-0.2, 0) is 0 Å². The van der Waals surface area contributed by atoms with Crippen molar-refractivity contribution in [2.24, 2.45) is 0 Å². The van der Waals surface area contributed by atoms with Crippen molar-refractivity contribution in [1.82, 2.24) is 4.98 Å². The zero-order valence-electron chi connectivity index (χ0n) is 14.7. The van der Waals surface area contributed by atoms with Crippen molar-refractivity contribution >= 4 is 33.1 Å². The first-order valence-corrected chi connectivity index (χ1v) is 8.84. The molecule has 2 heterocycles. The number of halogens is 1. The summed E-state index contributed by atoms with van der Waals surface area (Å²) >= 11 is 0. The molecule has 0 fully saturated rings. The number of anilines is 2. The third-order valence-electron chi connectivity index (χ3n) is 4.76. The number of para-hydroxylation sites is 1. The number of furan rings is 1. The van der Waals surface area contributed by atoms with E-state index in [9.17, 15) is 9.18 Å². The normalized spacial score (nSPS) is 11.2. The molecule has 0 aliphatic carbocycles. The fraction of sp³-hybridized carbons (Fsp3) is 0. The van der Waals surface area contributed by atoms with Gasteiger partial charge in [-0.3, -0.25) is 4.79 Å². The molecule has 0 amide bonds. The maximum Gasteiger partial charge on any atom is 0.258 e. The van der Waals surface area contributed by atoms with Crippen molar-refractivity contribution in [2.45, 2.75) is 0 Å². The van der Waals surface area contributed by atoms with Gasteiger partial charge in [-0.1, -0.05) is 18.2 Å². The molecule has 0 atom stereocenters. The summed E-state index contributed by atoms with van der Waals surface area (Å²) in [5.74, 6) is 0.386. The Morgan fingerprint density at radius 3 is 2.50 bits per heavy atom. The Balaban J connectivity index is 1.82. The molecule has 4 nitrogen and oxygen atoms in total. The molecule has 0 radical (unpaired) electrons. The quantitative estimate of drug-likeness (QED) is 0.393. The molecular formula is C23H15FN2O2. The number of rotatable bonds is 3. The lowest BCUT2D eigenvalue weighted by atomic mass is 10.0. The van der Waals surface area contributed by atoms with Gasteiger partial charge in [0.05, 0.1) is 17.3 Å². The summed E-state index contributed by atoms with van der Waals surface area (Å²) in [4.78, 5) is 15.8. The molecule has 2 aromatic heterocycles. The first kappa shape index (κ1) is 16.3. The molecule has 0 saturated carbocycles. The van der Waals surface area contributed by atoms with E-state index in [1.165, 1.54) is 12.1 Å². The summed E-state index contributed by atoms with van der Waals surface area (Å²) in [6.07, 6.45) is 1.61. The number of aromatic nitrogens is 1. The number of fused-ring (bicyclic) bond motifs is 3. The lowest BCUT2D eigenvalue weighted by Crippen LogP contribution is -2.09. The highest BCUT2D eigenvalue weighted by molar-refractivity contribution is 6.11. The predicted octanol–water partition coefficient (Wildman–Crippen LogP) is 5.82. The highest BCUT2D eigenvalue weighted by Gasteiger charge is 2.14. The minimum absolute atomic E-state index is 0.190. The topological polar surface area (TPSA) is 58.0 Å². The Kier molecular flexibility index (Phi) is 3.72. The van der Waals surface area contributed by atoms with Crippen molar-refractivity contribution in [2.75, 3.05) is 5.32 Å². The van der Waals surface area contributed by atoms with Crippen LogP contribution in [0.5, 0.6) is 0 Å². The molecule has 5 aromatic rings. The molecule has 0 aliphatic rings. The molecular weight excluding hydrogens is 355 g/mol. The van der Waals surface area contributed by atoms with Gasteiger partial charge >= 0.3 is 0 Å². The number of pyridine rings is 1. The van der Waals surface area contributed by atoms with Gasteiger partial charge in [-0.05, 0) is 60.0 Å². The van der Waals surface area contributed by atoms with Crippen molar-refractivity contribution in [3.8, 4) is 11.3 Å². The molecule has 3 aromatic carbocycles. The Morgan fingerprint density at radius 1 is 0.893 bits per heavy atom. The van der Waals surface area contributed by atoms with Gasteiger partial charge in [-0.15, -0.1) is 0 Å². The minimum Gasteiger partial charge on any atom is -0.464 e. The number of H-pyrrole nitrogens is 1. The van der Waals surface area contributed by atoms with Crippen LogP contribution in [0.25, 0.3) is 33.0 Å². The third-order valence-corrected chi connectivity index (χ3v) is 4.76. The predicted molar refractivity (Wildman–Crippen MR) is 109 cm³/mol. The van der Waals surface area contributed by atoms with Gasteiger partial charge in [-0.2, -0.15) is 0 Å². The van der Waals surface area contributed by atoms with Crippen LogP contribution >= 0.6 is 0 Å². The number of benzene rings is 3. The average molecular weight is 370 g/mol. The molecule has 0 spiro atoms. The van der Waals surface area contributed by atoms with Gasteiger partial charge in [0.2, 0.25) is 0 Å². The van der Waals surface area contributed by atoms with Crippen molar-refractivity contribution in [3.63, 3.8) is 0 Å². The van der Waals surface area contributed by atoms with Crippen LogP contribution in [0.3, 0.4) is 0 Å². The van der Waals surface area contributed by atoms with E-state index in [4.69, 9.17) is 4.42 Å². The summed E-state index contributed by atoms with van der Waals surface area (Å²) in [5.41, 5.74) is 2.74. The SMILES string of the molecule is O=c1[nH]c2ccccc2c2cc(-c3ccco3)cc(Nc3ccc(F)cc3)c12. The van der Waals surface area contributed by atoms with Gasteiger partial charge < -0.3 is 14.7 Å². The van der Waals surface area contributed by atoms with E-state index in [2.05, 4.69) is 10.3 Å². The maximum absolute atomic E-state index is 13.3. The molecule has 0 unspecified atom stereocenters. The molecule has 2 N–H and O–H groups in total. The average Bonchev–Trinajstić information content (AvgIpc) is 3.24. The molecule has 0 saturated heterocycles. The number of hydrogen-bond acceptors (Lipinski definition) is 3. The van der Waals surface area contributed by atoms with Crippen LogP contribution in [0, 0.1) is 5.82 Å². The summed E-state index contributed by atoms with van der Waals surface area (Å²) in [7, 11) is 0. The van der Waals surface area contributed by atoms with Gasteiger partial charge in [0.25, 0.3) is 5.56 Å². The zero-order chi connectivity index (χ0) is 19.1. The van der Waals surface area contributed by atoms with Gasteiger partial charge in [-0.25, -0.2) is 4.39 Å². The fourth-order valence-corrected chi connectivity index (χ4v) is 3.48. The molecule has 0 aliphatic heterocycles. The molecule has 136 valence electrons. The fourth-order valence-electron chi connectivity index (χ4n) is 3.48. The largest absolute Gasteiger partial charge is 0.464 e. The van der Waals surface area contributed by atoms with Crippen LogP contribution in [0.2, 0.25) is 0 Å². The van der Waals surface area contributed by atoms with E-state index in [1.807, 2.05) is 48.5 Å². The molecule has 0 bridgehead atoms. The summed E-state index contributed by atoms with van der Waals surface area (Å²) in [6.45, 7) is 0. The van der Waals surface area contributed by atoms with E-state index in [-0.39, 0.29) is 11.4 Å². The molecule has 5 rings (SSSR count). The molecule has 5 heteroatoms. The second kappa shape index (κ2) is 6.39. The van der Waals surface area contributed by atoms with Crippen molar-refractivity contribution in [3.05, 3.63) is 95.2 Å². The van der Waals surface area contributed by atoms with Crippen LogP contribution in [0.15, 0.2) is 88.3 Å². The zero-order valence-corrected chi connectivity index (χ0v) is 14.7. The second-order valence-electron chi connectivity index (χ2n) is 6.56. The third kappa shape index (κ3) is 2.74. The van der Waals surface area contributed by atoms with E-state index in [0.29, 0.717) is 22.5 Å². The monoisotopic (exact) mass is 370 g/mol. The van der Waals surface area contributed by atoms with Crippen LogP contribution in [0.1, 0.15) is 0 Å². The van der Waals surface area contributed by atoms with Crippen LogP contribution in [0.4, 0.5) is 15.8 Å². The number of hydrogen-bond donors (Lipinski definition) is 2. The maximum atomic E-state index is 13.3. The van der Waals surface area contributed by atoms with Crippen molar-refractivity contribution in [1.29, 1.82) is 0 Å². The van der Waals surface area contributed by atoms with E-state index >= 15 is 0 Å². The van der Waals surface area contributed by atoms with Crippen molar-refractivity contribution < 1.29 is 8.81 Å². The highest BCUT2D eigenvalue weighted by atomic mass is 19.1. The first-order valence-electron chi connectivity index (χ1n) is 8.84. The Morgan fingerprint density at radius 2 is 1.71 bits per heavy atom. The standard InChI is InChI=1S/C23H15FN2O2/c24-15-7-9-16(10-8-15)25-20-13-14(21-6-3-11-28-21)12-18-17-4-1-2-5-19(17)26-23(27)22(18)20/h1-13,25H,(H,26,27). The number of aromatic amines is 1. The van der Waals surface area contributed by atoms with Gasteiger partial charge in [0.1, 0.15) is 11.6 Å². The molecule has 28 heavy (non-hydrogen) atoms. The summed E-state index contributed by atoms with van der Waals surface area (Å²) < 4.78 is 18.8. The van der Waals surface area contributed by atoms with Crippen LogP contribution in [-0.4, -0.2) is 4.98 Å². The van der Waals surface area contributed by atoms with Gasteiger partial charge in [0.15, 0.2) is 0 Å². The lowest BCUT2D eigenvalue weighted by Gasteiger charge is -2.13. The second-order valence-corrected chi connectivity index (χ2v) is 6.56.